The monoisotopic (exact) mass is 393 g/mol. The van der Waals surface area contributed by atoms with Crippen molar-refractivity contribution in [3.8, 4) is 0 Å². The molecule has 2 unspecified atom stereocenters. The van der Waals surface area contributed by atoms with Gasteiger partial charge in [-0.25, -0.2) is 0 Å². The van der Waals surface area contributed by atoms with Gasteiger partial charge in [0.25, 0.3) is 0 Å². The molecular formula is C24H31N3O2. The summed E-state index contributed by atoms with van der Waals surface area (Å²) in [5.74, 6) is -0.517. The summed E-state index contributed by atoms with van der Waals surface area (Å²) in [7, 11) is 0. The van der Waals surface area contributed by atoms with Crippen molar-refractivity contribution in [3.63, 3.8) is 0 Å². The largest absolute Gasteiger partial charge is 0.372 e. The van der Waals surface area contributed by atoms with Gasteiger partial charge in [-0.2, -0.15) is 0 Å². The van der Waals surface area contributed by atoms with Crippen LogP contribution in [0.15, 0.2) is 48.5 Å². The van der Waals surface area contributed by atoms with E-state index in [1.54, 1.807) is 0 Å². The van der Waals surface area contributed by atoms with Gasteiger partial charge in [0.1, 0.15) is 0 Å². The second-order valence-electron chi connectivity index (χ2n) is 7.64. The summed E-state index contributed by atoms with van der Waals surface area (Å²) in [5.41, 5.74) is 4.21. The zero-order valence-electron chi connectivity index (χ0n) is 17.6. The Morgan fingerprint density at radius 1 is 1.00 bits per heavy atom. The molecule has 29 heavy (non-hydrogen) atoms. The first-order chi connectivity index (χ1) is 14.0. The molecule has 154 valence electrons. The molecule has 0 spiro atoms. The molecule has 2 atom stereocenters. The van der Waals surface area contributed by atoms with Gasteiger partial charge in [-0.3, -0.25) is 9.59 Å². The number of carbonyl (C=O) groups excluding carboxylic acids is 2. The van der Waals surface area contributed by atoms with Gasteiger partial charge in [-0.1, -0.05) is 30.3 Å². The van der Waals surface area contributed by atoms with Gasteiger partial charge in [0.05, 0.1) is 11.8 Å². The minimum Gasteiger partial charge on any atom is -0.372 e. The first-order valence-electron chi connectivity index (χ1n) is 10.5. The Kier molecular flexibility index (Phi) is 6.91. The minimum absolute atomic E-state index is 0.0188. The van der Waals surface area contributed by atoms with E-state index in [0.717, 1.165) is 36.4 Å². The van der Waals surface area contributed by atoms with Crippen molar-refractivity contribution in [2.45, 2.75) is 33.6 Å². The Morgan fingerprint density at radius 3 is 2.34 bits per heavy atom. The van der Waals surface area contributed by atoms with Crippen LogP contribution in [0.1, 0.15) is 31.4 Å². The molecule has 1 aliphatic rings. The van der Waals surface area contributed by atoms with Gasteiger partial charge >= 0.3 is 0 Å². The van der Waals surface area contributed by atoms with Crippen LogP contribution in [0.3, 0.4) is 0 Å². The third-order valence-corrected chi connectivity index (χ3v) is 5.62. The lowest BCUT2D eigenvalue weighted by Gasteiger charge is -2.22. The zero-order valence-corrected chi connectivity index (χ0v) is 17.6. The molecule has 2 aromatic carbocycles. The topological polar surface area (TPSA) is 61.4 Å². The molecule has 2 amide bonds. The molecule has 0 bridgehead atoms. The molecule has 0 aliphatic heterocycles. The van der Waals surface area contributed by atoms with Gasteiger partial charge in [-0.15, -0.1) is 0 Å². The number of benzene rings is 2. The van der Waals surface area contributed by atoms with Crippen molar-refractivity contribution in [1.82, 2.24) is 5.32 Å². The van der Waals surface area contributed by atoms with Crippen LogP contribution < -0.4 is 15.5 Å². The number of carbonyl (C=O) groups is 2. The Balaban J connectivity index is 1.48. The van der Waals surface area contributed by atoms with Crippen molar-refractivity contribution in [3.05, 3.63) is 59.7 Å². The number of amides is 2. The van der Waals surface area contributed by atoms with Gasteiger partial charge in [-0.05, 0) is 62.9 Å². The summed E-state index contributed by atoms with van der Waals surface area (Å²) in [5, 5.41) is 5.97. The van der Waals surface area contributed by atoms with E-state index in [1.807, 2.05) is 49.4 Å². The van der Waals surface area contributed by atoms with E-state index in [0.29, 0.717) is 13.0 Å². The van der Waals surface area contributed by atoms with E-state index in [-0.39, 0.29) is 23.7 Å². The highest BCUT2D eigenvalue weighted by atomic mass is 16.2. The van der Waals surface area contributed by atoms with Crippen molar-refractivity contribution in [1.29, 1.82) is 0 Å². The summed E-state index contributed by atoms with van der Waals surface area (Å²) in [4.78, 5) is 27.2. The van der Waals surface area contributed by atoms with Crippen LogP contribution in [0.25, 0.3) is 0 Å². The Morgan fingerprint density at radius 2 is 1.69 bits per heavy atom. The molecule has 5 heteroatoms. The van der Waals surface area contributed by atoms with E-state index in [1.165, 1.54) is 5.56 Å². The van der Waals surface area contributed by atoms with Crippen LogP contribution >= 0.6 is 0 Å². The number of rotatable bonds is 9. The molecule has 0 heterocycles. The van der Waals surface area contributed by atoms with Gasteiger partial charge in [0.2, 0.25) is 11.8 Å². The number of aryl methyl sites for hydroxylation is 1. The van der Waals surface area contributed by atoms with Crippen LogP contribution in [-0.2, 0) is 16.0 Å². The fourth-order valence-electron chi connectivity index (χ4n) is 3.68. The summed E-state index contributed by atoms with van der Waals surface area (Å²) < 4.78 is 0. The molecule has 3 rings (SSSR count). The standard InChI is InChI=1S/C24H31N3O2/c1-4-27(5-2)19-11-12-22(17(3)15-19)26-24(29)21-16-20(21)23(28)25-14-13-18-9-7-6-8-10-18/h6-12,15,20-21H,4-5,13-14,16H2,1-3H3,(H,25,28)(H,26,29). The predicted octanol–water partition coefficient (Wildman–Crippen LogP) is 3.77. The zero-order chi connectivity index (χ0) is 20.8. The van der Waals surface area contributed by atoms with E-state index in [4.69, 9.17) is 0 Å². The molecule has 0 aromatic heterocycles. The molecule has 2 N–H and O–H groups in total. The Bertz CT molecular complexity index is 846. The molecule has 1 fully saturated rings. The molecule has 1 saturated carbocycles. The third kappa shape index (κ3) is 5.37. The maximum Gasteiger partial charge on any atom is 0.228 e. The summed E-state index contributed by atoms with van der Waals surface area (Å²) in [6.45, 7) is 8.76. The smallest absolute Gasteiger partial charge is 0.228 e. The highest BCUT2D eigenvalue weighted by Crippen LogP contribution is 2.39. The SMILES string of the molecule is CCN(CC)c1ccc(NC(=O)C2CC2C(=O)NCCc2ccccc2)c(C)c1. The van der Waals surface area contributed by atoms with E-state index < -0.39 is 0 Å². The van der Waals surface area contributed by atoms with E-state index in [2.05, 4.69) is 35.4 Å². The van der Waals surface area contributed by atoms with Crippen LogP contribution in [0, 0.1) is 18.8 Å². The third-order valence-electron chi connectivity index (χ3n) is 5.62. The lowest BCUT2D eigenvalue weighted by Crippen LogP contribution is -2.29. The van der Waals surface area contributed by atoms with Gasteiger partial charge in [0, 0.05) is 31.0 Å². The van der Waals surface area contributed by atoms with Crippen molar-refractivity contribution in [2.75, 3.05) is 29.9 Å². The fourth-order valence-corrected chi connectivity index (χ4v) is 3.68. The van der Waals surface area contributed by atoms with E-state index >= 15 is 0 Å². The second-order valence-corrected chi connectivity index (χ2v) is 7.64. The minimum atomic E-state index is -0.228. The quantitative estimate of drug-likeness (QED) is 0.682. The highest BCUT2D eigenvalue weighted by Gasteiger charge is 2.47. The number of nitrogens with one attached hydrogen (secondary N) is 2. The Labute approximate surface area is 173 Å². The van der Waals surface area contributed by atoms with Crippen molar-refractivity contribution < 1.29 is 9.59 Å². The highest BCUT2D eigenvalue weighted by molar-refractivity contribution is 6.00. The number of hydrogen-bond donors (Lipinski definition) is 2. The molecule has 0 saturated heterocycles. The van der Waals surface area contributed by atoms with Crippen molar-refractivity contribution in [2.24, 2.45) is 11.8 Å². The summed E-state index contributed by atoms with van der Waals surface area (Å²) >= 11 is 0. The average molecular weight is 394 g/mol. The molecule has 5 nitrogen and oxygen atoms in total. The number of hydrogen-bond acceptors (Lipinski definition) is 3. The number of anilines is 2. The van der Waals surface area contributed by atoms with Crippen LogP contribution in [-0.4, -0.2) is 31.4 Å². The van der Waals surface area contributed by atoms with Crippen LogP contribution in [0.5, 0.6) is 0 Å². The average Bonchev–Trinajstić information content (AvgIpc) is 3.53. The lowest BCUT2D eigenvalue weighted by molar-refractivity contribution is -0.125. The molecule has 1 aliphatic carbocycles. The van der Waals surface area contributed by atoms with E-state index in [9.17, 15) is 9.59 Å². The molecule has 0 radical (unpaired) electrons. The first kappa shape index (κ1) is 20.9. The normalized spacial score (nSPS) is 17.5. The summed E-state index contributed by atoms with van der Waals surface area (Å²) in [6.07, 6.45) is 1.42. The Hall–Kier alpha value is -2.82. The summed E-state index contributed by atoms with van der Waals surface area (Å²) in [6, 6.07) is 16.2. The van der Waals surface area contributed by atoms with Crippen LogP contribution in [0.4, 0.5) is 11.4 Å². The lowest BCUT2D eigenvalue weighted by atomic mass is 10.1. The second kappa shape index (κ2) is 9.59. The van der Waals surface area contributed by atoms with Gasteiger partial charge in [0.15, 0.2) is 0 Å². The maximum atomic E-state index is 12.6. The maximum absolute atomic E-state index is 12.6. The molecule has 2 aromatic rings. The van der Waals surface area contributed by atoms with Crippen LogP contribution in [0.2, 0.25) is 0 Å². The molecular weight excluding hydrogens is 362 g/mol. The number of nitrogens with zero attached hydrogens (tertiary/aromatic N) is 1. The van der Waals surface area contributed by atoms with Gasteiger partial charge < -0.3 is 15.5 Å². The predicted molar refractivity (Wildman–Crippen MR) is 118 cm³/mol. The van der Waals surface area contributed by atoms with Crippen molar-refractivity contribution >= 4 is 23.2 Å². The first-order valence-corrected chi connectivity index (χ1v) is 10.5. The fraction of sp³-hybridized carbons (Fsp3) is 0.417.